The minimum atomic E-state index is -0.616. The summed E-state index contributed by atoms with van der Waals surface area (Å²) >= 11 is 0. The lowest BCUT2D eigenvalue weighted by atomic mass is 9.95. The van der Waals surface area contributed by atoms with E-state index in [4.69, 9.17) is 18.9 Å². The molecule has 1 aromatic carbocycles. The molecule has 0 saturated carbocycles. The molecule has 0 aromatic heterocycles. The molecule has 0 unspecified atom stereocenters. The Bertz CT molecular complexity index is 837. The molecule has 0 radical (unpaired) electrons. The first-order chi connectivity index (χ1) is 14.0. The largest absolute Gasteiger partial charge is 0.493 e. The van der Waals surface area contributed by atoms with Gasteiger partial charge in [0.15, 0.2) is 11.5 Å². The first-order valence-corrected chi connectivity index (χ1v) is 9.57. The van der Waals surface area contributed by atoms with Crippen LogP contribution < -0.4 is 24.8 Å². The molecular weight excluding hydrogens is 378 g/mol. The van der Waals surface area contributed by atoms with Crippen molar-refractivity contribution in [1.82, 2.24) is 15.5 Å². The lowest BCUT2D eigenvalue weighted by Crippen LogP contribution is -2.44. The number of nitrogens with one attached hydrogen (secondary N) is 2. The van der Waals surface area contributed by atoms with Gasteiger partial charge < -0.3 is 34.5 Å². The van der Waals surface area contributed by atoms with E-state index >= 15 is 0 Å². The fourth-order valence-electron chi connectivity index (χ4n) is 4.13. The summed E-state index contributed by atoms with van der Waals surface area (Å²) in [6.45, 7) is 1.61. The maximum Gasteiger partial charge on any atom is 0.319 e. The molecule has 156 valence electrons. The molecule has 1 saturated heterocycles. The smallest absolute Gasteiger partial charge is 0.319 e. The fraction of sp³-hybridized carbons (Fsp3) is 0.500. The number of methoxy groups -OCH3 is 3. The van der Waals surface area contributed by atoms with Gasteiger partial charge in [-0.15, -0.1) is 0 Å². The lowest BCUT2D eigenvalue weighted by Gasteiger charge is -2.26. The molecule has 3 amide bonds. The Kier molecular flexibility index (Phi) is 5.23. The van der Waals surface area contributed by atoms with Gasteiger partial charge in [0.25, 0.3) is 5.91 Å². The molecule has 3 heterocycles. The minimum Gasteiger partial charge on any atom is -0.493 e. The number of nitrogens with zero attached hydrogens (tertiary/aromatic N) is 1. The molecule has 0 bridgehead atoms. The van der Waals surface area contributed by atoms with E-state index in [9.17, 15) is 9.59 Å². The molecular formula is C20H25N3O6. The summed E-state index contributed by atoms with van der Waals surface area (Å²) in [5.41, 5.74) is 1.82. The Morgan fingerprint density at radius 1 is 1.14 bits per heavy atom. The Balaban J connectivity index is 1.67. The van der Waals surface area contributed by atoms with Crippen LogP contribution in [0.25, 0.3) is 0 Å². The van der Waals surface area contributed by atoms with Crippen molar-refractivity contribution in [2.45, 2.75) is 25.0 Å². The molecule has 29 heavy (non-hydrogen) atoms. The molecule has 9 nitrogen and oxygen atoms in total. The lowest BCUT2D eigenvalue weighted by molar-refractivity contribution is -0.127. The quantitative estimate of drug-likeness (QED) is 0.744. The molecule has 1 aromatic rings. The Morgan fingerprint density at radius 3 is 2.45 bits per heavy atom. The van der Waals surface area contributed by atoms with Crippen molar-refractivity contribution in [3.63, 3.8) is 0 Å². The first-order valence-electron chi connectivity index (χ1n) is 9.57. The van der Waals surface area contributed by atoms with Crippen LogP contribution in [0.4, 0.5) is 4.79 Å². The third-order valence-electron chi connectivity index (χ3n) is 5.49. The fourth-order valence-corrected chi connectivity index (χ4v) is 4.13. The number of rotatable bonds is 6. The topological polar surface area (TPSA) is 98.4 Å². The van der Waals surface area contributed by atoms with Gasteiger partial charge in [0.2, 0.25) is 5.75 Å². The Hall–Kier alpha value is -2.94. The second-order valence-corrected chi connectivity index (χ2v) is 7.20. The van der Waals surface area contributed by atoms with Crippen LogP contribution in [0.5, 0.6) is 17.2 Å². The van der Waals surface area contributed by atoms with Crippen molar-refractivity contribution in [2.24, 2.45) is 0 Å². The van der Waals surface area contributed by atoms with Gasteiger partial charge in [-0.3, -0.25) is 4.79 Å². The predicted molar refractivity (Wildman–Crippen MR) is 103 cm³/mol. The average Bonchev–Trinajstić information content (AvgIpc) is 3.34. The van der Waals surface area contributed by atoms with Gasteiger partial charge >= 0.3 is 6.03 Å². The SMILES string of the molecule is COc1cc([C@H]2NC(=O)NC3=C2C(=O)N(C[C@H]2CCCO2)C3)cc(OC)c1OC. The Labute approximate surface area is 168 Å². The molecule has 0 aliphatic carbocycles. The van der Waals surface area contributed by atoms with E-state index in [-0.39, 0.29) is 18.0 Å². The standard InChI is InChI=1S/C20H25N3O6/c1-26-14-7-11(8-15(27-2)18(14)28-3)17-16-13(21-20(25)22-17)10-23(19(16)24)9-12-5-4-6-29-12/h7-8,12,17H,4-6,9-10H2,1-3H3,(H2,21,22,25)/t12-,17-/m1/s1. The highest BCUT2D eigenvalue weighted by molar-refractivity contribution is 6.01. The van der Waals surface area contributed by atoms with Crippen LogP contribution in [0.15, 0.2) is 23.4 Å². The van der Waals surface area contributed by atoms with Crippen LogP contribution in [-0.4, -0.2) is 64.0 Å². The van der Waals surface area contributed by atoms with E-state index in [1.54, 1.807) is 17.0 Å². The molecule has 4 rings (SSSR count). The number of benzene rings is 1. The van der Waals surface area contributed by atoms with Crippen LogP contribution in [0.2, 0.25) is 0 Å². The number of hydrogen-bond acceptors (Lipinski definition) is 6. The third kappa shape index (κ3) is 3.46. The zero-order valence-corrected chi connectivity index (χ0v) is 16.7. The van der Waals surface area contributed by atoms with Crippen LogP contribution >= 0.6 is 0 Å². The van der Waals surface area contributed by atoms with E-state index in [2.05, 4.69) is 10.6 Å². The van der Waals surface area contributed by atoms with Gasteiger partial charge in [0, 0.05) is 13.2 Å². The van der Waals surface area contributed by atoms with Crippen molar-refractivity contribution < 1.29 is 28.5 Å². The van der Waals surface area contributed by atoms with Gasteiger partial charge in [-0.1, -0.05) is 0 Å². The van der Waals surface area contributed by atoms with Crippen LogP contribution in [0.1, 0.15) is 24.4 Å². The third-order valence-corrected chi connectivity index (χ3v) is 5.49. The monoisotopic (exact) mass is 403 g/mol. The average molecular weight is 403 g/mol. The second kappa shape index (κ2) is 7.82. The predicted octanol–water partition coefficient (Wildman–Crippen LogP) is 1.34. The van der Waals surface area contributed by atoms with E-state index < -0.39 is 6.04 Å². The van der Waals surface area contributed by atoms with E-state index in [1.165, 1.54) is 21.3 Å². The van der Waals surface area contributed by atoms with Gasteiger partial charge in [0.05, 0.1) is 51.3 Å². The summed E-state index contributed by atoms with van der Waals surface area (Å²) in [6.07, 6.45) is 1.99. The molecule has 0 spiro atoms. The highest BCUT2D eigenvalue weighted by atomic mass is 16.5. The second-order valence-electron chi connectivity index (χ2n) is 7.20. The van der Waals surface area contributed by atoms with E-state index in [0.717, 1.165) is 19.4 Å². The highest BCUT2D eigenvalue weighted by Crippen LogP contribution is 2.42. The van der Waals surface area contributed by atoms with Crippen molar-refractivity contribution in [3.05, 3.63) is 29.0 Å². The molecule has 1 fully saturated rings. The van der Waals surface area contributed by atoms with Gasteiger partial charge in [-0.25, -0.2) is 4.79 Å². The number of hydrogen-bond donors (Lipinski definition) is 2. The minimum absolute atomic E-state index is 0.0450. The maximum absolute atomic E-state index is 13.2. The van der Waals surface area contributed by atoms with Crippen molar-refractivity contribution >= 4 is 11.9 Å². The number of urea groups is 1. The summed E-state index contributed by atoms with van der Waals surface area (Å²) in [4.78, 5) is 27.2. The highest BCUT2D eigenvalue weighted by Gasteiger charge is 2.41. The number of carbonyl (C=O) groups excluding carboxylic acids is 2. The molecule has 3 aliphatic rings. The van der Waals surface area contributed by atoms with E-state index in [0.29, 0.717) is 47.2 Å². The van der Waals surface area contributed by atoms with Crippen molar-refractivity contribution in [1.29, 1.82) is 0 Å². The van der Waals surface area contributed by atoms with Crippen molar-refractivity contribution in [2.75, 3.05) is 41.0 Å². The van der Waals surface area contributed by atoms with Gasteiger partial charge in [-0.05, 0) is 30.5 Å². The first kappa shape index (κ1) is 19.4. The molecule has 2 N–H and O–H groups in total. The number of carbonyl (C=O) groups is 2. The van der Waals surface area contributed by atoms with Crippen LogP contribution in [0.3, 0.4) is 0 Å². The Morgan fingerprint density at radius 2 is 1.86 bits per heavy atom. The van der Waals surface area contributed by atoms with Gasteiger partial charge in [0.1, 0.15) is 0 Å². The number of ether oxygens (including phenoxy) is 4. The van der Waals surface area contributed by atoms with Gasteiger partial charge in [-0.2, -0.15) is 0 Å². The number of amides is 3. The van der Waals surface area contributed by atoms with E-state index in [1.807, 2.05) is 0 Å². The summed E-state index contributed by atoms with van der Waals surface area (Å²) in [7, 11) is 4.57. The molecule has 3 aliphatic heterocycles. The summed E-state index contributed by atoms with van der Waals surface area (Å²) < 4.78 is 21.9. The summed E-state index contributed by atoms with van der Waals surface area (Å²) in [5, 5.41) is 5.63. The maximum atomic E-state index is 13.2. The van der Waals surface area contributed by atoms with Crippen LogP contribution in [0, 0.1) is 0 Å². The summed E-state index contributed by atoms with van der Waals surface area (Å²) in [5.74, 6) is 1.25. The normalized spacial score (nSPS) is 23.6. The summed E-state index contributed by atoms with van der Waals surface area (Å²) in [6, 6.07) is 2.53. The zero-order chi connectivity index (χ0) is 20.5. The molecule has 9 heteroatoms. The zero-order valence-electron chi connectivity index (χ0n) is 16.7. The van der Waals surface area contributed by atoms with Crippen molar-refractivity contribution in [3.8, 4) is 17.2 Å². The van der Waals surface area contributed by atoms with Crippen LogP contribution in [-0.2, 0) is 9.53 Å². The molecule has 2 atom stereocenters.